The summed E-state index contributed by atoms with van der Waals surface area (Å²) in [5.74, 6) is 0.962. The number of hydrogen-bond donors (Lipinski definition) is 1. The highest BCUT2D eigenvalue weighted by molar-refractivity contribution is 5.22. The normalized spacial score (nSPS) is 11.6. The average Bonchev–Trinajstić information content (AvgIpc) is 2.77. The molecular formula is C12H14FN3O2. The lowest BCUT2D eigenvalue weighted by Gasteiger charge is -2.11. The van der Waals surface area contributed by atoms with Gasteiger partial charge in [-0.05, 0) is 38.1 Å². The second-order valence-electron chi connectivity index (χ2n) is 4.48. The van der Waals surface area contributed by atoms with Crippen molar-refractivity contribution >= 4 is 0 Å². The predicted octanol–water partition coefficient (Wildman–Crippen LogP) is 1.98. The number of aromatic nitrogens is 2. The number of nitrogens with two attached hydrogens (primary N) is 1. The molecular weight excluding hydrogens is 237 g/mol. The molecule has 0 spiro atoms. The third kappa shape index (κ3) is 3.04. The van der Waals surface area contributed by atoms with E-state index in [0.29, 0.717) is 17.5 Å². The minimum atomic E-state index is -0.655. The molecule has 18 heavy (non-hydrogen) atoms. The maximum atomic E-state index is 12.7. The fourth-order valence-corrected chi connectivity index (χ4v) is 1.25. The Kier molecular flexibility index (Phi) is 3.29. The summed E-state index contributed by atoms with van der Waals surface area (Å²) in [6, 6.07) is 5.69. The minimum Gasteiger partial charge on any atom is -0.484 e. The van der Waals surface area contributed by atoms with E-state index in [1.807, 2.05) is 0 Å². The van der Waals surface area contributed by atoms with Crippen LogP contribution in [0.1, 0.15) is 25.6 Å². The highest BCUT2D eigenvalue weighted by Gasteiger charge is 2.21. The van der Waals surface area contributed by atoms with E-state index in [1.165, 1.54) is 24.3 Å². The van der Waals surface area contributed by atoms with Gasteiger partial charge in [-0.3, -0.25) is 0 Å². The third-order valence-corrected chi connectivity index (χ3v) is 2.22. The Hall–Kier alpha value is -1.95. The molecule has 1 aromatic carbocycles. The lowest BCUT2D eigenvalue weighted by molar-refractivity contribution is 0.241. The van der Waals surface area contributed by atoms with Crippen LogP contribution in [0.25, 0.3) is 0 Å². The topological polar surface area (TPSA) is 74.2 Å². The number of ether oxygens (including phenoxy) is 1. The van der Waals surface area contributed by atoms with Gasteiger partial charge in [0.1, 0.15) is 11.6 Å². The molecule has 0 amide bonds. The molecule has 0 aliphatic rings. The first-order chi connectivity index (χ1) is 8.45. The maximum Gasteiger partial charge on any atom is 0.264 e. The van der Waals surface area contributed by atoms with Gasteiger partial charge in [0.2, 0.25) is 0 Å². The predicted molar refractivity (Wildman–Crippen MR) is 62.2 cm³/mol. The summed E-state index contributed by atoms with van der Waals surface area (Å²) in [6.07, 6.45) is 0. The molecule has 0 saturated carbocycles. The third-order valence-electron chi connectivity index (χ3n) is 2.22. The Morgan fingerprint density at radius 1 is 1.33 bits per heavy atom. The fraction of sp³-hybridized carbons (Fsp3) is 0.333. The summed E-state index contributed by atoms with van der Waals surface area (Å²) in [5.41, 5.74) is 5.17. The van der Waals surface area contributed by atoms with Crippen molar-refractivity contribution in [3.8, 4) is 5.75 Å². The van der Waals surface area contributed by atoms with Crippen molar-refractivity contribution in [1.29, 1.82) is 0 Å². The van der Waals surface area contributed by atoms with Crippen LogP contribution in [0.2, 0.25) is 0 Å². The van der Waals surface area contributed by atoms with Crippen molar-refractivity contribution in [3.05, 3.63) is 41.8 Å². The Balaban J connectivity index is 1.98. The summed E-state index contributed by atoms with van der Waals surface area (Å²) >= 11 is 0. The van der Waals surface area contributed by atoms with Gasteiger partial charge < -0.3 is 15.0 Å². The lowest BCUT2D eigenvalue weighted by atomic mass is 10.1. The largest absolute Gasteiger partial charge is 0.484 e. The Morgan fingerprint density at radius 3 is 2.56 bits per heavy atom. The maximum absolute atomic E-state index is 12.7. The molecule has 2 rings (SSSR count). The second kappa shape index (κ2) is 4.73. The SMILES string of the molecule is CC(C)(N)c1noc(COc2ccc(F)cc2)n1. The highest BCUT2D eigenvalue weighted by Crippen LogP contribution is 2.15. The molecule has 1 heterocycles. The molecule has 0 radical (unpaired) electrons. The molecule has 5 nitrogen and oxygen atoms in total. The van der Waals surface area contributed by atoms with Crippen LogP contribution in [0.15, 0.2) is 28.8 Å². The molecule has 0 aliphatic carbocycles. The average molecular weight is 251 g/mol. The minimum absolute atomic E-state index is 0.120. The first-order valence-corrected chi connectivity index (χ1v) is 5.45. The van der Waals surface area contributed by atoms with Crippen molar-refractivity contribution < 1.29 is 13.7 Å². The van der Waals surface area contributed by atoms with Crippen LogP contribution in [0.5, 0.6) is 5.75 Å². The van der Waals surface area contributed by atoms with E-state index in [2.05, 4.69) is 10.1 Å². The molecule has 0 bridgehead atoms. The lowest BCUT2D eigenvalue weighted by Crippen LogP contribution is -2.30. The number of nitrogens with zero attached hydrogens (tertiary/aromatic N) is 2. The van der Waals surface area contributed by atoms with Crippen molar-refractivity contribution in [2.45, 2.75) is 26.0 Å². The van der Waals surface area contributed by atoms with Crippen molar-refractivity contribution in [2.75, 3.05) is 0 Å². The van der Waals surface area contributed by atoms with E-state index in [0.717, 1.165) is 0 Å². The van der Waals surface area contributed by atoms with Crippen molar-refractivity contribution in [2.24, 2.45) is 5.73 Å². The van der Waals surface area contributed by atoms with Gasteiger partial charge in [0.25, 0.3) is 5.89 Å². The number of halogens is 1. The summed E-state index contributed by atoms with van der Waals surface area (Å²) in [6.45, 7) is 3.68. The van der Waals surface area contributed by atoms with Gasteiger partial charge in [-0.15, -0.1) is 0 Å². The van der Waals surface area contributed by atoms with E-state index in [1.54, 1.807) is 13.8 Å². The smallest absolute Gasteiger partial charge is 0.264 e. The highest BCUT2D eigenvalue weighted by atomic mass is 19.1. The first kappa shape index (κ1) is 12.5. The summed E-state index contributed by atoms with van der Waals surface area (Å²) in [7, 11) is 0. The first-order valence-electron chi connectivity index (χ1n) is 5.45. The standard InChI is InChI=1S/C12H14FN3O2/c1-12(2,14)11-15-10(18-16-11)7-17-9-5-3-8(13)4-6-9/h3-6H,7,14H2,1-2H3. The van der Waals surface area contributed by atoms with E-state index < -0.39 is 5.54 Å². The Morgan fingerprint density at radius 2 is 2.00 bits per heavy atom. The Bertz CT molecular complexity index is 517. The van der Waals surface area contributed by atoms with Crippen LogP contribution in [0, 0.1) is 5.82 Å². The van der Waals surface area contributed by atoms with E-state index >= 15 is 0 Å². The van der Waals surface area contributed by atoms with Gasteiger partial charge >= 0.3 is 0 Å². The number of benzene rings is 1. The molecule has 0 fully saturated rings. The van der Waals surface area contributed by atoms with Crippen LogP contribution < -0.4 is 10.5 Å². The number of rotatable bonds is 4. The molecule has 0 atom stereocenters. The van der Waals surface area contributed by atoms with E-state index in [-0.39, 0.29) is 12.4 Å². The van der Waals surface area contributed by atoms with Gasteiger partial charge in [0, 0.05) is 0 Å². The summed E-state index contributed by atoms with van der Waals surface area (Å²) in [4.78, 5) is 4.11. The fourth-order valence-electron chi connectivity index (χ4n) is 1.25. The van der Waals surface area contributed by atoms with Gasteiger partial charge in [0.15, 0.2) is 12.4 Å². The molecule has 0 saturated heterocycles. The van der Waals surface area contributed by atoms with Gasteiger partial charge in [-0.2, -0.15) is 4.98 Å². The van der Waals surface area contributed by atoms with E-state index in [9.17, 15) is 4.39 Å². The molecule has 0 aliphatic heterocycles. The van der Waals surface area contributed by atoms with Crippen LogP contribution in [0.4, 0.5) is 4.39 Å². The Labute approximate surface area is 104 Å². The number of hydrogen-bond acceptors (Lipinski definition) is 5. The van der Waals surface area contributed by atoms with Crippen LogP contribution >= 0.6 is 0 Å². The quantitative estimate of drug-likeness (QED) is 0.899. The van der Waals surface area contributed by atoms with Gasteiger partial charge in [0.05, 0.1) is 5.54 Å². The van der Waals surface area contributed by atoms with Gasteiger partial charge in [-0.25, -0.2) is 4.39 Å². The zero-order valence-electron chi connectivity index (χ0n) is 10.2. The van der Waals surface area contributed by atoms with Crippen molar-refractivity contribution in [1.82, 2.24) is 10.1 Å². The zero-order valence-corrected chi connectivity index (χ0v) is 10.2. The molecule has 96 valence electrons. The molecule has 6 heteroatoms. The monoisotopic (exact) mass is 251 g/mol. The molecule has 2 N–H and O–H groups in total. The second-order valence-corrected chi connectivity index (χ2v) is 4.48. The molecule has 0 unspecified atom stereocenters. The van der Waals surface area contributed by atoms with Gasteiger partial charge in [-0.1, -0.05) is 5.16 Å². The molecule has 2 aromatic rings. The summed E-state index contributed by atoms with van der Waals surface area (Å²) < 4.78 is 23.0. The zero-order chi connectivity index (χ0) is 13.2. The van der Waals surface area contributed by atoms with Crippen LogP contribution in [0.3, 0.4) is 0 Å². The van der Waals surface area contributed by atoms with Crippen molar-refractivity contribution in [3.63, 3.8) is 0 Å². The molecule has 1 aromatic heterocycles. The summed E-state index contributed by atoms with van der Waals surface area (Å²) in [5, 5.41) is 3.76. The van der Waals surface area contributed by atoms with Crippen LogP contribution in [-0.2, 0) is 12.1 Å². The van der Waals surface area contributed by atoms with Crippen LogP contribution in [-0.4, -0.2) is 10.1 Å². The van der Waals surface area contributed by atoms with E-state index in [4.69, 9.17) is 15.0 Å².